The number of halogens is 1. The summed E-state index contributed by atoms with van der Waals surface area (Å²) in [6, 6.07) is 0.436. The molecule has 3 heterocycles. The number of imidazole rings is 1. The SMILES string of the molecule is CCCCc1nc(Cl)c(CN2CC[C@@]3(CO)CCCN(C)[C@@H]3C2)[nH]1. The van der Waals surface area contributed by atoms with Crippen molar-refractivity contribution in [2.24, 2.45) is 5.41 Å². The molecule has 2 fully saturated rings. The average molecular weight is 355 g/mol. The van der Waals surface area contributed by atoms with Crippen molar-refractivity contribution in [2.45, 2.75) is 58.0 Å². The number of aromatic amines is 1. The number of fused-ring (bicyclic) bond motifs is 1. The van der Waals surface area contributed by atoms with Crippen molar-refractivity contribution in [3.63, 3.8) is 0 Å². The van der Waals surface area contributed by atoms with Crippen LogP contribution in [-0.4, -0.2) is 64.2 Å². The molecule has 0 spiro atoms. The second-order valence-electron chi connectivity index (χ2n) is 7.66. The van der Waals surface area contributed by atoms with Gasteiger partial charge in [-0.1, -0.05) is 24.9 Å². The van der Waals surface area contributed by atoms with Gasteiger partial charge in [0, 0.05) is 31.0 Å². The van der Waals surface area contributed by atoms with Gasteiger partial charge in [0.1, 0.15) is 5.82 Å². The van der Waals surface area contributed by atoms with Gasteiger partial charge in [0.2, 0.25) is 0 Å². The second kappa shape index (κ2) is 7.73. The van der Waals surface area contributed by atoms with Crippen LogP contribution >= 0.6 is 11.6 Å². The highest BCUT2D eigenvalue weighted by molar-refractivity contribution is 6.30. The summed E-state index contributed by atoms with van der Waals surface area (Å²) in [5.41, 5.74) is 1.13. The lowest BCUT2D eigenvalue weighted by Crippen LogP contribution is -2.61. The fourth-order valence-corrected chi connectivity index (χ4v) is 4.66. The third-order valence-corrected chi connectivity index (χ3v) is 6.34. The second-order valence-corrected chi connectivity index (χ2v) is 8.02. The number of rotatable bonds is 6. The summed E-state index contributed by atoms with van der Waals surface area (Å²) in [5, 5.41) is 10.6. The van der Waals surface area contributed by atoms with E-state index in [2.05, 4.69) is 33.7 Å². The van der Waals surface area contributed by atoms with Crippen molar-refractivity contribution in [1.29, 1.82) is 0 Å². The van der Waals surface area contributed by atoms with Crippen LogP contribution in [0.3, 0.4) is 0 Å². The molecule has 0 aliphatic carbocycles. The van der Waals surface area contributed by atoms with Crippen LogP contribution in [-0.2, 0) is 13.0 Å². The number of hydrogen-bond donors (Lipinski definition) is 2. The summed E-state index contributed by atoms with van der Waals surface area (Å²) in [6.45, 7) is 6.46. The van der Waals surface area contributed by atoms with Crippen LogP contribution in [0.1, 0.15) is 50.5 Å². The Balaban J connectivity index is 1.66. The van der Waals surface area contributed by atoms with Gasteiger partial charge in [-0.25, -0.2) is 4.98 Å². The number of aliphatic hydroxyl groups excluding tert-OH is 1. The maximum atomic E-state index is 10.0. The van der Waals surface area contributed by atoms with Crippen molar-refractivity contribution in [2.75, 3.05) is 33.3 Å². The summed E-state index contributed by atoms with van der Waals surface area (Å²) in [4.78, 5) is 12.8. The van der Waals surface area contributed by atoms with Crippen LogP contribution in [0.4, 0.5) is 0 Å². The third-order valence-electron chi connectivity index (χ3n) is 6.02. The molecule has 5 nitrogen and oxygen atoms in total. The van der Waals surface area contributed by atoms with Gasteiger partial charge in [0.25, 0.3) is 0 Å². The molecule has 2 N–H and O–H groups in total. The molecule has 2 aliphatic rings. The predicted molar refractivity (Wildman–Crippen MR) is 97.3 cm³/mol. The molecule has 0 amide bonds. The Morgan fingerprint density at radius 1 is 1.38 bits per heavy atom. The van der Waals surface area contributed by atoms with Crippen molar-refractivity contribution in [1.82, 2.24) is 19.8 Å². The first kappa shape index (κ1) is 18.2. The first-order chi connectivity index (χ1) is 11.6. The maximum absolute atomic E-state index is 10.0. The van der Waals surface area contributed by atoms with Crippen LogP contribution in [0, 0.1) is 5.41 Å². The van der Waals surface area contributed by atoms with Gasteiger partial charge < -0.3 is 15.0 Å². The number of piperidine rings is 2. The van der Waals surface area contributed by atoms with Gasteiger partial charge in [-0.05, 0) is 45.8 Å². The zero-order chi connectivity index (χ0) is 17.2. The molecule has 136 valence electrons. The van der Waals surface area contributed by atoms with Crippen molar-refractivity contribution >= 4 is 11.6 Å². The molecule has 6 heteroatoms. The number of aromatic nitrogens is 2. The highest BCUT2D eigenvalue weighted by atomic mass is 35.5. The average Bonchev–Trinajstić information content (AvgIpc) is 2.93. The Kier molecular flexibility index (Phi) is 5.85. The van der Waals surface area contributed by atoms with Crippen LogP contribution in [0.2, 0.25) is 5.15 Å². The summed E-state index contributed by atoms with van der Waals surface area (Å²) in [7, 11) is 2.20. The zero-order valence-corrected chi connectivity index (χ0v) is 15.8. The van der Waals surface area contributed by atoms with Gasteiger partial charge in [-0.3, -0.25) is 4.90 Å². The van der Waals surface area contributed by atoms with E-state index in [-0.39, 0.29) is 5.41 Å². The van der Waals surface area contributed by atoms with E-state index >= 15 is 0 Å². The lowest BCUT2D eigenvalue weighted by molar-refractivity contribution is -0.0686. The maximum Gasteiger partial charge on any atom is 0.151 e. The number of nitrogens with one attached hydrogen (secondary N) is 1. The van der Waals surface area contributed by atoms with Gasteiger partial charge in [-0.15, -0.1) is 0 Å². The number of likely N-dealkylation sites (N-methyl/N-ethyl adjacent to an activating group) is 1. The van der Waals surface area contributed by atoms with Crippen LogP contribution < -0.4 is 0 Å². The van der Waals surface area contributed by atoms with Crippen molar-refractivity contribution in [3.8, 4) is 0 Å². The Morgan fingerprint density at radius 2 is 2.21 bits per heavy atom. The predicted octanol–water partition coefficient (Wildman–Crippen LogP) is 2.68. The minimum Gasteiger partial charge on any atom is -0.396 e. The number of nitrogens with zero attached hydrogens (tertiary/aromatic N) is 3. The Labute approximate surface area is 150 Å². The minimum absolute atomic E-state index is 0.0908. The molecule has 1 aromatic heterocycles. The summed E-state index contributed by atoms with van der Waals surface area (Å²) in [5.74, 6) is 1.01. The molecule has 24 heavy (non-hydrogen) atoms. The Morgan fingerprint density at radius 3 is 2.96 bits per heavy atom. The van der Waals surface area contributed by atoms with E-state index in [1.165, 1.54) is 6.42 Å². The fourth-order valence-electron chi connectivity index (χ4n) is 4.45. The molecular formula is C18H31ClN4O. The first-order valence-electron chi connectivity index (χ1n) is 9.34. The summed E-state index contributed by atoms with van der Waals surface area (Å²) >= 11 is 6.34. The molecule has 0 unspecified atom stereocenters. The number of aliphatic hydroxyl groups is 1. The molecule has 0 radical (unpaired) electrons. The van der Waals surface area contributed by atoms with E-state index in [0.29, 0.717) is 17.8 Å². The van der Waals surface area contributed by atoms with E-state index in [1.54, 1.807) is 0 Å². The Hall–Kier alpha value is -0.620. The fraction of sp³-hybridized carbons (Fsp3) is 0.833. The molecular weight excluding hydrogens is 324 g/mol. The molecule has 0 saturated carbocycles. The smallest absolute Gasteiger partial charge is 0.151 e. The lowest BCUT2D eigenvalue weighted by atomic mass is 9.69. The van der Waals surface area contributed by atoms with E-state index in [1.807, 2.05) is 0 Å². The number of H-pyrrole nitrogens is 1. The molecule has 3 rings (SSSR count). The largest absolute Gasteiger partial charge is 0.396 e. The van der Waals surface area contributed by atoms with Crippen molar-refractivity contribution < 1.29 is 5.11 Å². The van der Waals surface area contributed by atoms with Gasteiger partial charge in [-0.2, -0.15) is 0 Å². The van der Waals surface area contributed by atoms with Gasteiger partial charge in [0.05, 0.1) is 12.3 Å². The molecule has 2 atom stereocenters. The van der Waals surface area contributed by atoms with E-state index in [0.717, 1.165) is 69.8 Å². The lowest BCUT2D eigenvalue weighted by Gasteiger charge is -2.53. The highest BCUT2D eigenvalue weighted by Crippen LogP contribution is 2.41. The number of hydrogen-bond acceptors (Lipinski definition) is 4. The quantitative estimate of drug-likeness (QED) is 0.824. The van der Waals surface area contributed by atoms with E-state index in [9.17, 15) is 5.11 Å². The first-order valence-corrected chi connectivity index (χ1v) is 9.72. The van der Waals surface area contributed by atoms with E-state index < -0.39 is 0 Å². The Bertz CT molecular complexity index is 549. The number of aryl methyl sites for hydroxylation is 1. The monoisotopic (exact) mass is 354 g/mol. The number of likely N-dealkylation sites (tertiary alicyclic amines) is 2. The normalized spacial score (nSPS) is 28.9. The minimum atomic E-state index is 0.0908. The molecule has 2 saturated heterocycles. The van der Waals surface area contributed by atoms with E-state index in [4.69, 9.17) is 11.6 Å². The molecule has 1 aromatic rings. The standard InChI is InChI=1S/C18H31ClN4O/c1-3-4-6-16-20-14(17(19)21-16)11-23-10-8-18(13-24)7-5-9-22(2)15(18)12-23/h15,24H,3-13H2,1-2H3,(H,20,21)/t15-,18-/m1/s1. The molecule has 0 bridgehead atoms. The summed E-state index contributed by atoms with van der Waals surface area (Å²) < 4.78 is 0. The van der Waals surface area contributed by atoms with Crippen LogP contribution in [0.5, 0.6) is 0 Å². The van der Waals surface area contributed by atoms with Crippen LogP contribution in [0.15, 0.2) is 0 Å². The third kappa shape index (κ3) is 3.64. The zero-order valence-electron chi connectivity index (χ0n) is 15.0. The van der Waals surface area contributed by atoms with Gasteiger partial charge >= 0.3 is 0 Å². The number of unbranched alkanes of at least 4 members (excludes halogenated alkanes) is 1. The topological polar surface area (TPSA) is 55.4 Å². The van der Waals surface area contributed by atoms with Gasteiger partial charge in [0.15, 0.2) is 5.15 Å². The molecule has 0 aromatic carbocycles. The van der Waals surface area contributed by atoms with Crippen LogP contribution in [0.25, 0.3) is 0 Å². The summed E-state index contributed by atoms with van der Waals surface area (Å²) in [6.07, 6.45) is 6.68. The highest BCUT2D eigenvalue weighted by Gasteiger charge is 2.46. The van der Waals surface area contributed by atoms with Crippen molar-refractivity contribution in [3.05, 3.63) is 16.7 Å². The molecule has 2 aliphatic heterocycles.